The van der Waals surface area contributed by atoms with E-state index in [0.717, 1.165) is 32.8 Å². The van der Waals surface area contributed by atoms with Crippen molar-refractivity contribution < 1.29 is 19.1 Å². The van der Waals surface area contributed by atoms with Crippen LogP contribution in [0.4, 0.5) is 10.5 Å². The number of fused-ring (bicyclic) bond motifs is 1. The first kappa shape index (κ1) is 30.0. The highest BCUT2D eigenvalue weighted by Gasteiger charge is 2.33. The third-order valence-corrected chi connectivity index (χ3v) is 8.19. The number of ether oxygens (including phenoxy) is 1. The van der Waals surface area contributed by atoms with Crippen molar-refractivity contribution in [3.8, 4) is 16.9 Å². The molecule has 0 bridgehead atoms. The summed E-state index contributed by atoms with van der Waals surface area (Å²) >= 11 is 1.50. The van der Waals surface area contributed by atoms with Crippen LogP contribution in [0.3, 0.4) is 0 Å². The number of nitrogens with one attached hydrogen (secondary N) is 3. The van der Waals surface area contributed by atoms with Crippen molar-refractivity contribution in [3.05, 3.63) is 77.9 Å². The summed E-state index contributed by atoms with van der Waals surface area (Å²) in [7, 11) is 3.19. The molecule has 4 amide bonds. The van der Waals surface area contributed by atoms with Crippen LogP contribution in [-0.4, -0.2) is 49.8 Å². The number of urea groups is 1. The Kier molecular flexibility index (Phi) is 9.91. The molecule has 3 aromatic rings. The van der Waals surface area contributed by atoms with E-state index < -0.39 is 12.1 Å². The minimum Gasteiger partial charge on any atom is -0.497 e. The van der Waals surface area contributed by atoms with Gasteiger partial charge in [-0.3, -0.25) is 9.59 Å². The van der Waals surface area contributed by atoms with Gasteiger partial charge in [-0.1, -0.05) is 62.4 Å². The average Bonchev–Trinajstić information content (AvgIpc) is 3.11. The summed E-state index contributed by atoms with van der Waals surface area (Å²) in [6.07, 6.45) is 0. The summed E-state index contributed by atoms with van der Waals surface area (Å²) in [5, 5.41) is 8.29. The predicted octanol–water partition coefficient (Wildman–Crippen LogP) is 3.90. The predicted molar refractivity (Wildman–Crippen MR) is 163 cm³/mol. The molecule has 0 saturated carbocycles. The molecule has 5 N–H and O–H groups in total. The number of nitrogens with zero attached hydrogens (tertiary/aromatic N) is 1. The second-order valence-electron chi connectivity index (χ2n) is 10.2. The van der Waals surface area contributed by atoms with E-state index in [1.54, 1.807) is 19.1 Å². The maximum absolute atomic E-state index is 13.9. The zero-order valence-electron chi connectivity index (χ0n) is 23.8. The Labute approximate surface area is 245 Å². The molecule has 0 saturated heterocycles. The lowest BCUT2D eigenvalue weighted by molar-refractivity contribution is -0.128. The zero-order chi connectivity index (χ0) is 29.5. The van der Waals surface area contributed by atoms with Gasteiger partial charge in [-0.05, 0) is 46.4 Å². The van der Waals surface area contributed by atoms with Gasteiger partial charge in [0, 0.05) is 24.2 Å². The summed E-state index contributed by atoms with van der Waals surface area (Å²) in [6.45, 7) is 4.47. The Morgan fingerprint density at radius 2 is 1.83 bits per heavy atom. The zero-order valence-corrected chi connectivity index (χ0v) is 24.6. The van der Waals surface area contributed by atoms with E-state index in [1.165, 1.54) is 11.8 Å². The maximum atomic E-state index is 13.9. The number of hydrogen-bond acceptors (Lipinski definition) is 6. The molecule has 0 aromatic heterocycles. The molecule has 1 aliphatic heterocycles. The number of amides is 4. The molecular weight excluding hydrogens is 538 g/mol. The Balaban J connectivity index is 1.60. The number of rotatable bonds is 9. The van der Waals surface area contributed by atoms with Gasteiger partial charge in [0.25, 0.3) is 5.91 Å². The van der Waals surface area contributed by atoms with E-state index in [4.69, 9.17) is 10.5 Å². The number of nitrogens with two attached hydrogens (primary N) is 1. The quantitative estimate of drug-likeness (QED) is 0.307. The van der Waals surface area contributed by atoms with Crippen molar-refractivity contribution in [2.45, 2.75) is 43.9 Å². The Hall–Kier alpha value is -4.02. The van der Waals surface area contributed by atoms with E-state index >= 15 is 0 Å². The minimum atomic E-state index is -0.727. The lowest BCUT2D eigenvalue weighted by Gasteiger charge is -2.27. The Morgan fingerprint density at radius 3 is 2.51 bits per heavy atom. The summed E-state index contributed by atoms with van der Waals surface area (Å²) in [5.41, 5.74) is 10.8. The Bertz CT molecular complexity index is 1400. The summed E-state index contributed by atoms with van der Waals surface area (Å²) in [4.78, 5) is 41.0. The molecule has 3 aromatic carbocycles. The average molecular weight is 576 g/mol. The van der Waals surface area contributed by atoms with Crippen LogP contribution in [0.5, 0.6) is 5.75 Å². The van der Waals surface area contributed by atoms with Crippen molar-refractivity contribution in [2.75, 3.05) is 24.8 Å². The van der Waals surface area contributed by atoms with E-state index in [0.29, 0.717) is 24.6 Å². The second-order valence-corrected chi connectivity index (χ2v) is 11.2. The fourth-order valence-corrected chi connectivity index (χ4v) is 5.64. The number of benzene rings is 3. The molecule has 1 aliphatic rings. The molecule has 0 fully saturated rings. The highest BCUT2D eigenvalue weighted by atomic mass is 32.2. The SMILES string of the molecule is CNC(=O)NCc1ccccc1-c1ccc(CN2C(=O)[C@H](NC(=O)C(N)C(C)C)CSc3cc(OC)ccc32)cc1. The van der Waals surface area contributed by atoms with Gasteiger partial charge in [0.15, 0.2) is 0 Å². The van der Waals surface area contributed by atoms with E-state index in [9.17, 15) is 14.4 Å². The van der Waals surface area contributed by atoms with E-state index in [2.05, 4.69) is 16.0 Å². The first-order chi connectivity index (χ1) is 19.7. The summed E-state index contributed by atoms with van der Waals surface area (Å²) < 4.78 is 5.42. The van der Waals surface area contributed by atoms with Crippen LogP contribution in [0, 0.1) is 5.92 Å². The molecular formula is C31H37N5O4S. The second kappa shape index (κ2) is 13.6. The number of hydrogen-bond donors (Lipinski definition) is 4. The van der Waals surface area contributed by atoms with Gasteiger partial charge in [-0.2, -0.15) is 0 Å². The highest BCUT2D eigenvalue weighted by molar-refractivity contribution is 7.99. The molecule has 0 aliphatic carbocycles. The molecule has 1 unspecified atom stereocenters. The third kappa shape index (κ3) is 7.20. The smallest absolute Gasteiger partial charge is 0.314 e. The monoisotopic (exact) mass is 575 g/mol. The van der Waals surface area contributed by atoms with Crippen LogP contribution in [0.25, 0.3) is 11.1 Å². The standard InChI is InChI=1S/C31H37N5O4S/c1-19(2)28(32)29(37)35-25-18-41-27-15-23(40-4)13-14-26(27)36(30(25)38)17-20-9-11-21(12-10-20)24-8-6-5-7-22(24)16-34-31(39)33-3/h5-15,19,25,28H,16-18,32H2,1-4H3,(H,35,37)(H2,33,34,39)/t25-,28?/m1/s1. The molecule has 2 atom stereocenters. The molecule has 1 heterocycles. The molecule has 0 spiro atoms. The first-order valence-electron chi connectivity index (χ1n) is 13.5. The van der Waals surface area contributed by atoms with Crippen LogP contribution in [0.15, 0.2) is 71.6 Å². The molecule has 10 heteroatoms. The van der Waals surface area contributed by atoms with Gasteiger partial charge in [0.1, 0.15) is 11.8 Å². The largest absolute Gasteiger partial charge is 0.497 e. The van der Waals surface area contributed by atoms with Gasteiger partial charge >= 0.3 is 6.03 Å². The molecule has 0 radical (unpaired) electrons. The minimum absolute atomic E-state index is 0.0516. The van der Waals surface area contributed by atoms with E-state index in [-0.39, 0.29) is 23.8 Å². The lowest BCUT2D eigenvalue weighted by atomic mass is 9.98. The van der Waals surface area contributed by atoms with Crippen molar-refractivity contribution in [1.29, 1.82) is 0 Å². The fraction of sp³-hybridized carbons (Fsp3) is 0.323. The number of methoxy groups -OCH3 is 1. The van der Waals surface area contributed by atoms with Gasteiger partial charge in [0.05, 0.1) is 25.4 Å². The summed E-state index contributed by atoms with van der Waals surface area (Å²) in [5.74, 6) is 0.495. The van der Waals surface area contributed by atoms with Crippen LogP contribution in [-0.2, 0) is 22.7 Å². The Morgan fingerprint density at radius 1 is 1.10 bits per heavy atom. The van der Waals surface area contributed by atoms with Crippen molar-refractivity contribution in [1.82, 2.24) is 16.0 Å². The number of carbonyl (C=O) groups is 3. The highest BCUT2D eigenvalue weighted by Crippen LogP contribution is 2.38. The van der Waals surface area contributed by atoms with Gasteiger partial charge in [-0.15, -0.1) is 11.8 Å². The number of carbonyl (C=O) groups excluding carboxylic acids is 3. The van der Waals surface area contributed by atoms with Crippen LogP contribution >= 0.6 is 11.8 Å². The van der Waals surface area contributed by atoms with Crippen molar-refractivity contribution >= 4 is 35.3 Å². The molecule has 4 rings (SSSR count). The first-order valence-corrected chi connectivity index (χ1v) is 14.5. The van der Waals surface area contributed by atoms with Gasteiger partial charge < -0.3 is 31.3 Å². The normalized spacial score (nSPS) is 15.5. The van der Waals surface area contributed by atoms with Crippen LogP contribution in [0.2, 0.25) is 0 Å². The summed E-state index contributed by atoms with van der Waals surface area (Å²) in [6, 6.07) is 19.9. The fourth-order valence-electron chi connectivity index (χ4n) is 4.54. The van der Waals surface area contributed by atoms with Crippen molar-refractivity contribution in [3.63, 3.8) is 0 Å². The number of anilines is 1. The molecule has 9 nitrogen and oxygen atoms in total. The van der Waals surface area contributed by atoms with E-state index in [1.807, 2.05) is 80.6 Å². The maximum Gasteiger partial charge on any atom is 0.314 e. The molecule has 41 heavy (non-hydrogen) atoms. The van der Waals surface area contributed by atoms with Crippen molar-refractivity contribution in [2.24, 2.45) is 11.7 Å². The number of thioether (sulfide) groups is 1. The topological polar surface area (TPSA) is 126 Å². The van der Waals surface area contributed by atoms with Gasteiger partial charge in [-0.25, -0.2) is 4.79 Å². The third-order valence-electron chi connectivity index (χ3n) is 7.05. The van der Waals surface area contributed by atoms with Crippen LogP contribution in [0.1, 0.15) is 25.0 Å². The van der Waals surface area contributed by atoms with Gasteiger partial charge in [0.2, 0.25) is 5.91 Å². The lowest BCUT2D eigenvalue weighted by Crippen LogP contribution is -2.54. The van der Waals surface area contributed by atoms with Crippen LogP contribution < -0.4 is 31.3 Å². The molecule has 216 valence electrons.